The number of rotatable bonds is 3. The number of ether oxygens (including phenoxy) is 1. The lowest BCUT2D eigenvalue weighted by molar-refractivity contribution is 0.352. The van der Waals surface area contributed by atoms with Crippen molar-refractivity contribution in [1.29, 1.82) is 0 Å². The SMILES string of the molecule is Cc1cc(Cl)ccc1C(N)Cc1cc(Cl)cc2c1OCC2. The monoisotopic (exact) mass is 321 g/mol. The van der Waals surface area contributed by atoms with Crippen LogP contribution in [0.1, 0.15) is 28.3 Å². The van der Waals surface area contributed by atoms with Gasteiger partial charge in [0.25, 0.3) is 0 Å². The van der Waals surface area contributed by atoms with Gasteiger partial charge in [-0.15, -0.1) is 0 Å². The van der Waals surface area contributed by atoms with Crippen LogP contribution in [-0.2, 0) is 12.8 Å². The van der Waals surface area contributed by atoms with Crippen molar-refractivity contribution in [2.45, 2.75) is 25.8 Å². The Kier molecular flexibility index (Phi) is 4.12. The molecular weight excluding hydrogens is 305 g/mol. The Morgan fingerprint density at radius 3 is 2.76 bits per heavy atom. The molecule has 1 aliphatic heterocycles. The zero-order valence-corrected chi connectivity index (χ0v) is 13.3. The summed E-state index contributed by atoms with van der Waals surface area (Å²) in [5.74, 6) is 0.960. The van der Waals surface area contributed by atoms with Crippen molar-refractivity contribution in [2.24, 2.45) is 5.73 Å². The third-order valence-corrected chi connectivity index (χ3v) is 4.35. The Hall–Kier alpha value is -1.22. The van der Waals surface area contributed by atoms with Gasteiger partial charge in [0.15, 0.2) is 0 Å². The van der Waals surface area contributed by atoms with Crippen molar-refractivity contribution < 1.29 is 4.74 Å². The van der Waals surface area contributed by atoms with Crippen LogP contribution < -0.4 is 10.5 Å². The molecule has 1 atom stereocenters. The van der Waals surface area contributed by atoms with Crippen LogP contribution in [0.5, 0.6) is 5.75 Å². The summed E-state index contributed by atoms with van der Waals surface area (Å²) in [6, 6.07) is 9.64. The minimum absolute atomic E-state index is 0.103. The number of hydrogen-bond acceptors (Lipinski definition) is 2. The minimum atomic E-state index is -0.103. The number of benzene rings is 2. The summed E-state index contributed by atoms with van der Waals surface area (Å²) < 4.78 is 5.74. The van der Waals surface area contributed by atoms with E-state index in [1.165, 1.54) is 5.56 Å². The summed E-state index contributed by atoms with van der Waals surface area (Å²) in [5.41, 5.74) is 10.8. The van der Waals surface area contributed by atoms with E-state index >= 15 is 0 Å². The smallest absolute Gasteiger partial charge is 0.125 e. The average molecular weight is 322 g/mol. The van der Waals surface area contributed by atoms with E-state index in [9.17, 15) is 0 Å². The molecule has 110 valence electrons. The van der Waals surface area contributed by atoms with Gasteiger partial charge >= 0.3 is 0 Å². The lowest BCUT2D eigenvalue weighted by atomic mass is 9.94. The van der Waals surface area contributed by atoms with E-state index in [2.05, 4.69) is 0 Å². The van der Waals surface area contributed by atoms with Crippen LogP contribution in [0, 0.1) is 6.92 Å². The van der Waals surface area contributed by atoms with E-state index in [1.54, 1.807) is 0 Å². The zero-order valence-electron chi connectivity index (χ0n) is 11.8. The first-order valence-corrected chi connectivity index (χ1v) is 7.76. The highest BCUT2D eigenvalue weighted by atomic mass is 35.5. The molecule has 4 heteroatoms. The second kappa shape index (κ2) is 5.88. The van der Waals surface area contributed by atoms with Crippen molar-refractivity contribution in [3.8, 4) is 5.75 Å². The molecule has 1 unspecified atom stereocenters. The largest absolute Gasteiger partial charge is 0.493 e. The van der Waals surface area contributed by atoms with Crippen LogP contribution >= 0.6 is 23.2 Å². The zero-order chi connectivity index (χ0) is 15.0. The minimum Gasteiger partial charge on any atom is -0.493 e. The Bertz CT molecular complexity index is 685. The predicted molar refractivity (Wildman–Crippen MR) is 87.5 cm³/mol. The number of hydrogen-bond donors (Lipinski definition) is 1. The maximum Gasteiger partial charge on any atom is 0.125 e. The molecule has 3 rings (SSSR count). The standard InChI is InChI=1S/C17H17Cl2NO/c1-10-6-13(18)2-3-15(10)16(20)9-12-8-14(19)7-11-4-5-21-17(11)12/h2-3,6-8,16H,4-5,9,20H2,1H3. The molecule has 0 saturated heterocycles. The first-order chi connectivity index (χ1) is 10.0. The van der Waals surface area contributed by atoms with Gasteiger partial charge in [-0.05, 0) is 59.9 Å². The van der Waals surface area contributed by atoms with Crippen LogP contribution in [0.25, 0.3) is 0 Å². The predicted octanol–water partition coefficient (Wildman–Crippen LogP) is 4.48. The Morgan fingerprint density at radius 2 is 2.00 bits per heavy atom. The molecule has 0 spiro atoms. The molecule has 0 aliphatic carbocycles. The molecule has 0 aromatic heterocycles. The molecule has 2 N–H and O–H groups in total. The van der Waals surface area contributed by atoms with E-state index in [-0.39, 0.29) is 6.04 Å². The molecule has 1 aliphatic rings. The summed E-state index contributed by atoms with van der Waals surface area (Å²) >= 11 is 12.2. The van der Waals surface area contributed by atoms with Crippen molar-refractivity contribution in [3.63, 3.8) is 0 Å². The molecule has 0 fully saturated rings. The molecule has 0 bridgehead atoms. The third-order valence-electron chi connectivity index (χ3n) is 3.90. The van der Waals surface area contributed by atoms with Crippen LogP contribution in [0.3, 0.4) is 0 Å². The van der Waals surface area contributed by atoms with Crippen LogP contribution in [0.15, 0.2) is 30.3 Å². The van der Waals surface area contributed by atoms with Crippen molar-refractivity contribution in [3.05, 3.63) is 62.6 Å². The van der Waals surface area contributed by atoms with Gasteiger partial charge in [-0.25, -0.2) is 0 Å². The highest BCUT2D eigenvalue weighted by Gasteiger charge is 2.20. The third kappa shape index (κ3) is 3.03. The molecule has 0 amide bonds. The maximum atomic E-state index is 6.38. The van der Waals surface area contributed by atoms with Gasteiger partial charge in [-0.2, -0.15) is 0 Å². The number of halogens is 2. The first kappa shape index (κ1) is 14.7. The fraction of sp³-hybridized carbons (Fsp3) is 0.294. The maximum absolute atomic E-state index is 6.38. The van der Waals surface area contributed by atoms with Gasteiger partial charge in [0.05, 0.1) is 6.61 Å². The number of fused-ring (bicyclic) bond motifs is 1. The fourth-order valence-corrected chi connectivity index (χ4v) is 3.39. The van der Waals surface area contributed by atoms with Crippen LogP contribution in [0.2, 0.25) is 10.0 Å². The highest BCUT2D eigenvalue weighted by Crippen LogP contribution is 2.35. The summed E-state index contributed by atoms with van der Waals surface area (Å²) in [6.45, 7) is 2.75. The number of nitrogens with two attached hydrogens (primary N) is 1. The van der Waals surface area contributed by atoms with Crippen molar-refractivity contribution in [1.82, 2.24) is 0 Å². The molecule has 2 aromatic carbocycles. The lowest BCUT2D eigenvalue weighted by Gasteiger charge is -2.17. The molecule has 2 nitrogen and oxygen atoms in total. The molecule has 0 saturated carbocycles. The van der Waals surface area contributed by atoms with E-state index in [0.717, 1.165) is 45.5 Å². The van der Waals surface area contributed by atoms with Gasteiger partial charge in [-0.3, -0.25) is 0 Å². The fourth-order valence-electron chi connectivity index (χ4n) is 2.90. The molecule has 21 heavy (non-hydrogen) atoms. The normalized spacial score (nSPS) is 14.7. The molecule has 1 heterocycles. The molecular formula is C17H17Cl2NO. The van der Waals surface area contributed by atoms with Crippen molar-refractivity contribution >= 4 is 23.2 Å². The lowest BCUT2D eigenvalue weighted by Crippen LogP contribution is -2.15. The molecule has 0 radical (unpaired) electrons. The quantitative estimate of drug-likeness (QED) is 0.904. The average Bonchev–Trinajstić information content (AvgIpc) is 2.86. The van der Waals surface area contributed by atoms with Gasteiger partial charge in [0, 0.05) is 22.5 Å². The van der Waals surface area contributed by atoms with E-state index in [0.29, 0.717) is 6.42 Å². The second-order valence-corrected chi connectivity index (χ2v) is 6.34. The highest BCUT2D eigenvalue weighted by molar-refractivity contribution is 6.31. The van der Waals surface area contributed by atoms with Gasteiger partial charge in [-0.1, -0.05) is 29.3 Å². The van der Waals surface area contributed by atoms with E-state index < -0.39 is 0 Å². The summed E-state index contributed by atoms with van der Waals surface area (Å²) in [7, 11) is 0. The first-order valence-electron chi connectivity index (χ1n) is 7.00. The van der Waals surface area contributed by atoms with Crippen molar-refractivity contribution in [2.75, 3.05) is 6.61 Å². The summed E-state index contributed by atoms with van der Waals surface area (Å²) in [5, 5.41) is 1.48. The van der Waals surface area contributed by atoms with Crippen LogP contribution in [0.4, 0.5) is 0 Å². The Morgan fingerprint density at radius 1 is 1.19 bits per heavy atom. The number of aryl methyl sites for hydroxylation is 1. The van der Waals surface area contributed by atoms with Gasteiger partial charge < -0.3 is 10.5 Å². The van der Waals surface area contributed by atoms with Gasteiger partial charge in [0.2, 0.25) is 0 Å². The Balaban J connectivity index is 1.90. The summed E-state index contributed by atoms with van der Waals surface area (Å²) in [6.07, 6.45) is 1.61. The summed E-state index contributed by atoms with van der Waals surface area (Å²) in [4.78, 5) is 0. The van der Waals surface area contributed by atoms with Gasteiger partial charge in [0.1, 0.15) is 5.75 Å². The topological polar surface area (TPSA) is 35.2 Å². The van der Waals surface area contributed by atoms with Crippen LogP contribution in [-0.4, -0.2) is 6.61 Å². The van der Waals surface area contributed by atoms with E-state index in [4.69, 9.17) is 33.7 Å². The molecule has 2 aromatic rings. The van der Waals surface area contributed by atoms with E-state index in [1.807, 2.05) is 37.3 Å². The Labute approximate surface area is 134 Å². The second-order valence-electron chi connectivity index (χ2n) is 5.46.